The molecule has 10 rings (SSSR count). The van der Waals surface area contributed by atoms with Crippen molar-refractivity contribution < 1.29 is 4.43 Å². The molecular formula is C44H32OSi. The molecule has 0 saturated heterocycles. The summed E-state index contributed by atoms with van der Waals surface area (Å²) in [5.74, 6) is 0.956. The van der Waals surface area contributed by atoms with Crippen molar-refractivity contribution in [1.82, 2.24) is 0 Å². The fraction of sp³-hybridized carbons (Fsp3) is 0. The van der Waals surface area contributed by atoms with E-state index in [9.17, 15) is 0 Å². The topological polar surface area (TPSA) is 9.23 Å². The molecule has 218 valence electrons. The first kappa shape index (κ1) is 29.0. The molecule has 2 heteroatoms. The number of allylic oxidation sites excluding steroid dienone is 2. The van der Waals surface area contributed by atoms with Gasteiger partial charge in [-0.1, -0.05) is 183 Å². The van der Waals surface area contributed by atoms with Gasteiger partial charge in [-0.25, -0.2) is 0 Å². The van der Waals surface area contributed by atoms with E-state index in [4.69, 9.17) is 4.43 Å². The van der Waals surface area contributed by atoms with Crippen LogP contribution in [-0.2, 0) is 4.43 Å². The van der Waals surface area contributed by atoms with Crippen LogP contribution in [0.4, 0.5) is 0 Å². The summed E-state index contributed by atoms with van der Waals surface area (Å²) in [6.07, 6.45) is 18.7. The standard InChI is InChI=1S/C20H14OSi.3C8H6/c1-3-13-9-7-11-17-19(13)15(4-2)20(17)21-22-18-12-14-8-5-6-10-16(14)18;3*1-2-4-8-6-5-7(8)3-1/h3-12H,1-2H2;3*1-6H. The monoisotopic (exact) mass is 604 g/mol. The van der Waals surface area contributed by atoms with Gasteiger partial charge >= 0.3 is 9.76 Å². The molecule has 0 aliphatic heterocycles. The number of hydrogen-bond donors (Lipinski definition) is 0. The first-order chi connectivity index (χ1) is 22.7. The zero-order valence-corrected chi connectivity index (χ0v) is 26.5. The van der Waals surface area contributed by atoms with Crippen LogP contribution in [0.1, 0.15) is 61.2 Å². The summed E-state index contributed by atoms with van der Waals surface area (Å²) in [6.45, 7) is 7.80. The molecule has 0 saturated carbocycles. The van der Waals surface area contributed by atoms with Gasteiger partial charge in [0.05, 0.1) is 0 Å². The van der Waals surface area contributed by atoms with Gasteiger partial charge in [-0.3, -0.25) is 0 Å². The van der Waals surface area contributed by atoms with Gasteiger partial charge in [-0.2, -0.15) is 0 Å². The maximum absolute atomic E-state index is 6.10. The van der Waals surface area contributed by atoms with Gasteiger partial charge in [-0.15, -0.1) is 0 Å². The second kappa shape index (κ2) is 13.1. The Morgan fingerprint density at radius 3 is 1.28 bits per heavy atom. The van der Waals surface area contributed by atoms with E-state index >= 15 is 0 Å². The van der Waals surface area contributed by atoms with Crippen LogP contribution >= 0.6 is 0 Å². The minimum Gasteiger partial charge on any atom is -0.535 e. The van der Waals surface area contributed by atoms with Crippen LogP contribution in [0.5, 0.6) is 0 Å². The lowest BCUT2D eigenvalue weighted by atomic mass is 9.83. The molecule has 0 aromatic heterocycles. The van der Waals surface area contributed by atoms with E-state index < -0.39 is 0 Å². The van der Waals surface area contributed by atoms with Gasteiger partial charge in [0.15, 0.2) is 0 Å². The molecule has 2 radical (unpaired) electrons. The minimum atomic E-state index is 0.326. The Bertz CT molecular complexity index is 1930. The second-order valence-corrected chi connectivity index (χ2v) is 12.1. The molecule has 0 heterocycles. The summed E-state index contributed by atoms with van der Waals surface area (Å²) in [4.78, 5) is 0. The molecule has 5 aromatic carbocycles. The van der Waals surface area contributed by atoms with Gasteiger partial charge in [0, 0.05) is 16.7 Å². The summed E-state index contributed by atoms with van der Waals surface area (Å²) >= 11 is 0. The molecule has 0 fully saturated rings. The van der Waals surface area contributed by atoms with Crippen LogP contribution in [0.25, 0.3) is 65.1 Å². The average molecular weight is 605 g/mol. The van der Waals surface area contributed by atoms with Crippen molar-refractivity contribution in [3.63, 3.8) is 0 Å². The van der Waals surface area contributed by atoms with Crippen molar-refractivity contribution >= 4 is 74.9 Å². The van der Waals surface area contributed by atoms with Crippen molar-refractivity contribution in [2.45, 2.75) is 0 Å². The molecule has 0 spiro atoms. The SMILES string of the molecule is C1=Cc2ccccc21.C1=Cc2ccccc21.C1=Cc2ccccc21.C=CC1=C(O[Si]C2=Cc3ccccc32)c2cccc(C=C)c21. The van der Waals surface area contributed by atoms with E-state index in [2.05, 4.69) is 165 Å². The molecule has 0 unspecified atom stereocenters. The molecule has 0 bridgehead atoms. The summed E-state index contributed by atoms with van der Waals surface area (Å²) < 4.78 is 6.10. The van der Waals surface area contributed by atoms with E-state index in [1.165, 1.54) is 55.3 Å². The van der Waals surface area contributed by atoms with Gasteiger partial charge < -0.3 is 4.43 Å². The first-order valence-electron chi connectivity index (χ1n) is 15.4. The summed E-state index contributed by atoms with van der Waals surface area (Å²) in [6, 6.07) is 39.7. The van der Waals surface area contributed by atoms with Crippen molar-refractivity contribution in [3.05, 3.63) is 196 Å². The molecule has 5 aliphatic rings. The summed E-state index contributed by atoms with van der Waals surface area (Å²) in [7, 11) is 0.326. The third kappa shape index (κ3) is 5.74. The van der Waals surface area contributed by atoms with Crippen LogP contribution in [0.2, 0.25) is 0 Å². The molecule has 46 heavy (non-hydrogen) atoms. The van der Waals surface area contributed by atoms with Crippen molar-refractivity contribution in [2.75, 3.05) is 0 Å². The minimum absolute atomic E-state index is 0.326. The molecule has 5 aromatic rings. The van der Waals surface area contributed by atoms with E-state index in [0.29, 0.717) is 9.76 Å². The van der Waals surface area contributed by atoms with Crippen molar-refractivity contribution in [3.8, 4) is 0 Å². The highest BCUT2D eigenvalue weighted by molar-refractivity contribution is 6.60. The normalized spacial score (nSPS) is 13.3. The third-order valence-corrected chi connectivity index (χ3v) is 9.35. The predicted molar refractivity (Wildman–Crippen MR) is 201 cm³/mol. The molecule has 0 atom stereocenters. The van der Waals surface area contributed by atoms with Crippen LogP contribution in [0, 0.1) is 0 Å². The van der Waals surface area contributed by atoms with Crippen LogP contribution < -0.4 is 0 Å². The van der Waals surface area contributed by atoms with Gasteiger partial charge in [0.25, 0.3) is 0 Å². The number of benzene rings is 5. The van der Waals surface area contributed by atoms with E-state index in [1.807, 2.05) is 18.2 Å². The van der Waals surface area contributed by atoms with E-state index in [-0.39, 0.29) is 0 Å². The van der Waals surface area contributed by atoms with Gasteiger partial charge in [-0.05, 0) is 55.3 Å². The van der Waals surface area contributed by atoms with Crippen LogP contribution in [0.3, 0.4) is 0 Å². The Labute approximate surface area is 274 Å². The molecule has 5 aliphatic carbocycles. The Morgan fingerprint density at radius 2 is 0.891 bits per heavy atom. The Kier molecular flexibility index (Phi) is 8.28. The highest BCUT2D eigenvalue weighted by Gasteiger charge is 2.28. The largest absolute Gasteiger partial charge is 0.535 e. The lowest BCUT2D eigenvalue weighted by Gasteiger charge is -2.29. The quantitative estimate of drug-likeness (QED) is 0.178. The van der Waals surface area contributed by atoms with Crippen molar-refractivity contribution in [1.29, 1.82) is 0 Å². The zero-order valence-electron chi connectivity index (χ0n) is 25.5. The number of rotatable bonds is 5. The molecule has 1 nitrogen and oxygen atoms in total. The van der Waals surface area contributed by atoms with E-state index in [1.54, 1.807) is 0 Å². The zero-order chi connectivity index (χ0) is 31.3. The summed E-state index contributed by atoms with van der Waals surface area (Å²) in [5.41, 5.74) is 15.4. The van der Waals surface area contributed by atoms with Gasteiger partial charge in [0.2, 0.25) is 0 Å². The molecule has 0 N–H and O–H groups in total. The van der Waals surface area contributed by atoms with Crippen LogP contribution in [0.15, 0.2) is 134 Å². The fourth-order valence-electron chi connectivity index (χ4n) is 5.64. The molecule has 0 amide bonds. The predicted octanol–water partition coefficient (Wildman–Crippen LogP) is 11.4. The van der Waals surface area contributed by atoms with Crippen LogP contribution in [-0.4, -0.2) is 9.76 Å². The lowest BCUT2D eigenvalue weighted by molar-refractivity contribution is 0.558. The maximum Gasteiger partial charge on any atom is 0.351 e. The Morgan fingerprint density at radius 1 is 0.457 bits per heavy atom. The average Bonchev–Trinajstić information content (AvgIpc) is 3.03. The summed E-state index contributed by atoms with van der Waals surface area (Å²) in [5, 5.41) is 1.28. The Hall–Kier alpha value is -5.70. The maximum atomic E-state index is 6.10. The smallest absolute Gasteiger partial charge is 0.351 e. The third-order valence-electron chi connectivity index (χ3n) is 8.41. The molecular weight excluding hydrogens is 573 g/mol. The van der Waals surface area contributed by atoms with E-state index in [0.717, 1.165) is 22.5 Å². The fourth-order valence-corrected chi connectivity index (χ4v) is 6.62. The lowest BCUT2D eigenvalue weighted by Crippen LogP contribution is -2.15. The first-order valence-corrected chi connectivity index (χ1v) is 16.3. The highest BCUT2D eigenvalue weighted by atomic mass is 28.2. The van der Waals surface area contributed by atoms with Crippen molar-refractivity contribution in [2.24, 2.45) is 0 Å². The number of hydrogen-bond acceptors (Lipinski definition) is 1. The number of fused-ring (bicyclic) bond motifs is 5. The highest BCUT2D eigenvalue weighted by Crippen LogP contribution is 2.44. The van der Waals surface area contributed by atoms with Gasteiger partial charge in [0.1, 0.15) is 5.76 Å². The second-order valence-electron chi connectivity index (χ2n) is 11.2. The Balaban J connectivity index is 0.000000114.